The fourth-order valence-electron chi connectivity index (χ4n) is 4.37. The molecule has 3 aromatic rings. The van der Waals surface area contributed by atoms with Crippen LogP contribution >= 0.6 is 0 Å². The van der Waals surface area contributed by atoms with Gasteiger partial charge in [-0.15, -0.1) is 0 Å². The second-order valence-corrected chi connectivity index (χ2v) is 12.5. The zero-order chi connectivity index (χ0) is 28.4. The molecule has 9 heteroatoms. The zero-order valence-corrected chi connectivity index (χ0v) is 24.1. The van der Waals surface area contributed by atoms with Crippen molar-refractivity contribution in [3.8, 4) is 17.2 Å². The van der Waals surface area contributed by atoms with Crippen molar-refractivity contribution in [1.82, 2.24) is 5.32 Å². The summed E-state index contributed by atoms with van der Waals surface area (Å²) in [5, 5.41) is 2.82. The van der Waals surface area contributed by atoms with Crippen LogP contribution in [0, 0.1) is 13.8 Å². The molecule has 208 valence electrons. The molecule has 0 saturated carbocycles. The number of methoxy groups -OCH3 is 1. The Balaban J connectivity index is 1.55. The largest absolute Gasteiger partial charge is 0.497 e. The first-order valence-electron chi connectivity index (χ1n) is 12.9. The topological polar surface area (TPSA) is 94.2 Å². The molecule has 0 aromatic heterocycles. The lowest BCUT2D eigenvalue weighted by atomic mass is 9.86. The molecule has 0 spiro atoms. The number of rotatable bonds is 8. The lowest BCUT2D eigenvalue weighted by molar-refractivity contribution is -0.127. The molecule has 4 rings (SSSR count). The summed E-state index contributed by atoms with van der Waals surface area (Å²) in [4.78, 5) is 13.2. The second kappa shape index (κ2) is 11.2. The number of benzene rings is 3. The minimum absolute atomic E-state index is 0.0957. The second-order valence-electron chi connectivity index (χ2n) is 10.7. The van der Waals surface area contributed by atoms with E-state index < -0.39 is 22.0 Å². The predicted octanol–water partition coefficient (Wildman–Crippen LogP) is 4.76. The Labute approximate surface area is 230 Å². The van der Waals surface area contributed by atoms with E-state index in [0.29, 0.717) is 17.2 Å². The summed E-state index contributed by atoms with van der Waals surface area (Å²) in [5.41, 5.74) is 3.30. The number of ether oxygens (including phenoxy) is 3. The number of carbonyl (C=O) groups is 1. The van der Waals surface area contributed by atoms with Crippen molar-refractivity contribution in [1.29, 1.82) is 0 Å². The van der Waals surface area contributed by atoms with Crippen molar-refractivity contribution in [2.75, 3.05) is 31.1 Å². The van der Waals surface area contributed by atoms with E-state index in [0.717, 1.165) is 22.4 Å². The van der Waals surface area contributed by atoms with Gasteiger partial charge in [0, 0.05) is 0 Å². The van der Waals surface area contributed by atoms with Crippen LogP contribution in [0.4, 0.5) is 5.69 Å². The summed E-state index contributed by atoms with van der Waals surface area (Å²) in [5.74, 6) is 1.22. The lowest BCUT2D eigenvalue weighted by Gasteiger charge is -2.36. The Morgan fingerprint density at radius 2 is 1.77 bits per heavy atom. The Morgan fingerprint density at radius 3 is 2.41 bits per heavy atom. The fourth-order valence-corrected chi connectivity index (χ4v) is 5.84. The van der Waals surface area contributed by atoms with Gasteiger partial charge in [0.1, 0.15) is 23.9 Å². The van der Waals surface area contributed by atoms with E-state index in [1.165, 1.54) is 23.5 Å². The van der Waals surface area contributed by atoms with Crippen LogP contribution in [0.5, 0.6) is 17.2 Å². The highest BCUT2D eigenvalue weighted by Crippen LogP contribution is 2.40. The van der Waals surface area contributed by atoms with Gasteiger partial charge in [0.25, 0.3) is 15.9 Å². The molecule has 0 saturated heterocycles. The number of hydrogen-bond acceptors (Lipinski definition) is 6. The van der Waals surface area contributed by atoms with Crippen LogP contribution in [-0.4, -0.2) is 47.2 Å². The van der Waals surface area contributed by atoms with Gasteiger partial charge in [-0.05, 0) is 72.9 Å². The molecule has 1 atom stereocenters. The van der Waals surface area contributed by atoms with E-state index in [4.69, 9.17) is 14.2 Å². The molecule has 1 N–H and O–H groups in total. The van der Waals surface area contributed by atoms with Crippen LogP contribution in [0.1, 0.15) is 37.5 Å². The van der Waals surface area contributed by atoms with Gasteiger partial charge in [0.15, 0.2) is 6.10 Å². The first-order chi connectivity index (χ1) is 18.4. The van der Waals surface area contributed by atoms with Gasteiger partial charge in [-0.2, -0.15) is 0 Å². The maximum atomic E-state index is 13.8. The first kappa shape index (κ1) is 28.3. The standard InChI is InChI=1S/C30H36N2O6S/c1-20-7-13-26(21(2)17-20)37-16-15-31-29(33)28-19-32(39(34,35)24-11-9-23(36-6)10-12-24)25-18-22(30(3,4)5)8-14-27(25)38-28/h7-14,17-18,28H,15-16,19H2,1-6H3,(H,31,33)/t28-/m0/s1. The Morgan fingerprint density at radius 1 is 1.05 bits per heavy atom. The fraction of sp³-hybridized carbons (Fsp3) is 0.367. The predicted molar refractivity (Wildman–Crippen MR) is 152 cm³/mol. The molecule has 0 radical (unpaired) electrons. The van der Waals surface area contributed by atoms with Gasteiger partial charge in [-0.1, -0.05) is 44.5 Å². The van der Waals surface area contributed by atoms with E-state index in [-0.39, 0.29) is 30.0 Å². The third-order valence-corrected chi connectivity index (χ3v) is 8.42. The number of sulfonamides is 1. The van der Waals surface area contributed by atoms with E-state index in [1.54, 1.807) is 18.2 Å². The molecule has 8 nitrogen and oxygen atoms in total. The van der Waals surface area contributed by atoms with Crippen LogP contribution in [0.3, 0.4) is 0 Å². The van der Waals surface area contributed by atoms with Gasteiger partial charge in [-0.3, -0.25) is 9.10 Å². The van der Waals surface area contributed by atoms with Crippen molar-refractivity contribution < 1.29 is 27.4 Å². The van der Waals surface area contributed by atoms with Crippen LogP contribution in [0.2, 0.25) is 0 Å². The van der Waals surface area contributed by atoms with E-state index >= 15 is 0 Å². The highest BCUT2D eigenvalue weighted by atomic mass is 32.2. The van der Waals surface area contributed by atoms with Crippen LogP contribution in [0.15, 0.2) is 65.6 Å². The minimum atomic E-state index is -4.01. The monoisotopic (exact) mass is 552 g/mol. The average molecular weight is 553 g/mol. The molecular formula is C30H36N2O6S. The Kier molecular flexibility index (Phi) is 8.11. The van der Waals surface area contributed by atoms with Crippen molar-refractivity contribution in [2.24, 2.45) is 0 Å². The molecule has 1 aliphatic heterocycles. The van der Waals surface area contributed by atoms with Crippen LogP contribution < -0.4 is 23.8 Å². The highest BCUT2D eigenvalue weighted by Gasteiger charge is 2.38. The molecule has 0 unspecified atom stereocenters. The number of nitrogens with zero attached hydrogens (tertiary/aromatic N) is 1. The van der Waals surface area contributed by atoms with Crippen molar-refractivity contribution in [3.05, 3.63) is 77.4 Å². The number of fused-ring (bicyclic) bond motifs is 1. The molecule has 39 heavy (non-hydrogen) atoms. The van der Waals surface area contributed by atoms with Gasteiger partial charge in [0.2, 0.25) is 0 Å². The first-order valence-corrected chi connectivity index (χ1v) is 14.3. The molecule has 3 aromatic carbocycles. The van der Waals surface area contributed by atoms with E-state index in [9.17, 15) is 13.2 Å². The van der Waals surface area contributed by atoms with Gasteiger partial charge in [0.05, 0.1) is 30.8 Å². The molecular weight excluding hydrogens is 516 g/mol. The quantitative estimate of drug-likeness (QED) is 0.405. The minimum Gasteiger partial charge on any atom is -0.497 e. The van der Waals surface area contributed by atoms with Crippen molar-refractivity contribution in [3.63, 3.8) is 0 Å². The van der Waals surface area contributed by atoms with Gasteiger partial charge < -0.3 is 19.5 Å². The number of anilines is 1. The summed E-state index contributed by atoms with van der Waals surface area (Å²) < 4.78 is 45.9. The maximum absolute atomic E-state index is 13.8. The Bertz CT molecular complexity index is 1450. The molecule has 1 aliphatic rings. The Hall–Kier alpha value is -3.72. The highest BCUT2D eigenvalue weighted by molar-refractivity contribution is 7.92. The van der Waals surface area contributed by atoms with Crippen LogP contribution in [-0.2, 0) is 20.2 Å². The van der Waals surface area contributed by atoms with Crippen molar-refractivity contribution in [2.45, 2.75) is 51.0 Å². The molecule has 1 heterocycles. The number of aryl methyl sites for hydroxylation is 2. The zero-order valence-electron chi connectivity index (χ0n) is 23.3. The van der Waals surface area contributed by atoms with E-state index in [1.807, 2.05) is 44.2 Å². The third kappa shape index (κ3) is 6.30. The summed E-state index contributed by atoms with van der Waals surface area (Å²) in [7, 11) is -2.49. The number of hydrogen-bond donors (Lipinski definition) is 1. The van der Waals surface area contributed by atoms with Crippen LogP contribution in [0.25, 0.3) is 0 Å². The molecule has 0 bridgehead atoms. The summed E-state index contributed by atoms with van der Waals surface area (Å²) in [6, 6.07) is 17.5. The smallest absolute Gasteiger partial charge is 0.264 e. The number of nitrogens with one attached hydrogen (secondary N) is 1. The summed E-state index contributed by atoms with van der Waals surface area (Å²) >= 11 is 0. The molecule has 0 fully saturated rings. The molecule has 1 amide bonds. The maximum Gasteiger partial charge on any atom is 0.264 e. The van der Waals surface area contributed by atoms with E-state index in [2.05, 4.69) is 26.1 Å². The van der Waals surface area contributed by atoms with Gasteiger partial charge >= 0.3 is 0 Å². The SMILES string of the molecule is COc1ccc(S(=O)(=O)N2C[C@@H](C(=O)NCCOc3ccc(C)cc3C)Oc3ccc(C(C)(C)C)cc32)cc1. The van der Waals surface area contributed by atoms with Gasteiger partial charge in [-0.25, -0.2) is 8.42 Å². The summed E-state index contributed by atoms with van der Waals surface area (Å²) in [6.07, 6.45) is -1.04. The molecule has 0 aliphatic carbocycles. The average Bonchev–Trinajstić information content (AvgIpc) is 2.90. The third-order valence-electron chi connectivity index (χ3n) is 6.62. The van der Waals surface area contributed by atoms with Crippen molar-refractivity contribution >= 4 is 21.6 Å². The number of amides is 1. The lowest BCUT2D eigenvalue weighted by Crippen LogP contribution is -2.51. The summed E-state index contributed by atoms with van der Waals surface area (Å²) in [6.45, 7) is 10.5. The normalized spacial score (nSPS) is 15.2. The number of carbonyl (C=O) groups excluding carboxylic acids is 1.